The van der Waals surface area contributed by atoms with Crippen LogP contribution >= 0.6 is 33.9 Å². The van der Waals surface area contributed by atoms with E-state index in [-0.39, 0.29) is 0 Å². The zero-order valence-electron chi connectivity index (χ0n) is 9.86. The molecule has 0 aliphatic carbocycles. The Balaban J connectivity index is 2.16. The average molecular weight is 374 g/mol. The quantitative estimate of drug-likeness (QED) is 0.659. The lowest BCUT2D eigenvalue weighted by Gasteiger charge is -2.04. The van der Waals surface area contributed by atoms with E-state index >= 15 is 0 Å². The smallest absolute Gasteiger partial charge is 0.357 e. The van der Waals surface area contributed by atoms with Gasteiger partial charge in [-0.05, 0) is 47.2 Å². The van der Waals surface area contributed by atoms with E-state index in [0.717, 1.165) is 5.69 Å². The number of carbonyl (C=O) groups is 1. The first-order valence-corrected chi connectivity index (χ1v) is 7.13. The molecule has 0 spiro atoms. The number of esters is 1. The first-order valence-electron chi connectivity index (χ1n) is 5.17. The molecular formula is C12H11IN2O2S. The second-order valence-electron chi connectivity index (χ2n) is 3.62. The van der Waals surface area contributed by atoms with E-state index in [1.807, 2.05) is 18.2 Å². The molecular weight excluding hydrogens is 363 g/mol. The molecule has 0 atom stereocenters. The third-order valence-electron chi connectivity index (χ3n) is 2.32. The van der Waals surface area contributed by atoms with E-state index in [0.29, 0.717) is 10.8 Å². The number of hydrogen-bond acceptors (Lipinski definition) is 5. The lowest BCUT2D eigenvalue weighted by Crippen LogP contribution is -2.01. The molecule has 0 amide bonds. The summed E-state index contributed by atoms with van der Waals surface area (Å²) in [6.07, 6.45) is 0. The Hall–Kier alpha value is -1.15. The molecule has 0 saturated heterocycles. The molecule has 0 aliphatic rings. The number of methoxy groups -OCH3 is 1. The monoisotopic (exact) mass is 374 g/mol. The molecule has 0 unspecified atom stereocenters. The predicted molar refractivity (Wildman–Crippen MR) is 80.6 cm³/mol. The molecule has 94 valence electrons. The van der Waals surface area contributed by atoms with Crippen LogP contribution < -0.4 is 5.32 Å². The summed E-state index contributed by atoms with van der Waals surface area (Å²) in [6.45, 7) is 2.06. The maximum absolute atomic E-state index is 11.3. The van der Waals surface area contributed by atoms with Crippen molar-refractivity contribution in [2.24, 2.45) is 0 Å². The molecule has 1 N–H and O–H groups in total. The molecule has 0 fully saturated rings. The number of ether oxygens (including phenoxy) is 1. The van der Waals surface area contributed by atoms with Crippen LogP contribution in [0.1, 0.15) is 16.1 Å². The average Bonchev–Trinajstić information content (AvgIpc) is 2.81. The zero-order chi connectivity index (χ0) is 13.1. The van der Waals surface area contributed by atoms with Crippen LogP contribution in [0.25, 0.3) is 0 Å². The molecule has 4 nitrogen and oxygen atoms in total. The summed E-state index contributed by atoms with van der Waals surface area (Å²) in [5.74, 6) is -0.419. The molecule has 18 heavy (non-hydrogen) atoms. The summed E-state index contributed by atoms with van der Waals surface area (Å²) >= 11 is 3.66. The highest BCUT2D eigenvalue weighted by molar-refractivity contribution is 14.1. The SMILES string of the molecule is COC(=O)c1csc(Nc2ccc(C)c(I)c2)n1. The molecule has 2 rings (SSSR count). The molecule has 0 radical (unpaired) electrons. The third-order valence-corrected chi connectivity index (χ3v) is 4.24. The van der Waals surface area contributed by atoms with Crippen LogP contribution in [-0.4, -0.2) is 18.1 Å². The summed E-state index contributed by atoms with van der Waals surface area (Å²) in [6, 6.07) is 6.06. The van der Waals surface area contributed by atoms with Crippen molar-refractivity contribution < 1.29 is 9.53 Å². The number of benzene rings is 1. The number of aryl methyl sites for hydroxylation is 1. The summed E-state index contributed by atoms with van der Waals surface area (Å²) in [7, 11) is 1.34. The Morgan fingerprint density at radius 3 is 2.94 bits per heavy atom. The number of rotatable bonds is 3. The van der Waals surface area contributed by atoms with Crippen LogP contribution in [0.15, 0.2) is 23.6 Å². The summed E-state index contributed by atoms with van der Waals surface area (Å²) < 4.78 is 5.79. The van der Waals surface area contributed by atoms with Gasteiger partial charge in [0.15, 0.2) is 10.8 Å². The van der Waals surface area contributed by atoms with E-state index in [4.69, 9.17) is 0 Å². The van der Waals surface area contributed by atoms with Gasteiger partial charge in [0.25, 0.3) is 0 Å². The van der Waals surface area contributed by atoms with Gasteiger partial charge >= 0.3 is 5.97 Å². The summed E-state index contributed by atoms with van der Waals surface area (Å²) in [4.78, 5) is 15.4. The fraction of sp³-hybridized carbons (Fsp3) is 0.167. The Bertz CT molecular complexity index is 583. The highest BCUT2D eigenvalue weighted by atomic mass is 127. The number of anilines is 2. The summed E-state index contributed by atoms with van der Waals surface area (Å²) in [5, 5.41) is 5.52. The van der Waals surface area contributed by atoms with Crippen LogP contribution in [0, 0.1) is 10.5 Å². The number of halogens is 1. The van der Waals surface area contributed by atoms with Crippen LogP contribution in [-0.2, 0) is 4.74 Å². The minimum Gasteiger partial charge on any atom is -0.464 e. The van der Waals surface area contributed by atoms with Crippen molar-refractivity contribution in [3.8, 4) is 0 Å². The maximum atomic E-state index is 11.3. The number of aromatic nitrogens is 1. The van der Waals surface area contributed by atoms with E-state index in [2.05, 4.69) is 44.6 Å². The molecule has 0 saturated carbocycles. The molecule has 6 heteroatoms. The lowest BCUT2D eigenvalue weighted by atomic mass is 10.2. The van der Waals surface area contributed by atoms with Crippen molar-refractivity contribution in [1.29, 1.82) is 0 Å². The van der Waals surface area contributed by atoms with Gasteiger partial charge in [-0.25, -0.2) is 9.78 Å². The van der Waals surface area contributed by atoms with Crippen molar-refractivity contribution >= 4 is 50.7 Å². The van der Waals surface area contributed by atoms with Crippen molar-refractivity contribution in [2.75, 3.05) is 12.4 Å². The van der Waals surface area contributed by atoms with Crippen LogP contribution in [0.5, 0.6) is 0 Å². The lowest BCUT2D eigenvalue weighted by molar-refractivity contribution is 0.0595. The summed E-state index contributed by atoms with van der Waals surface area (Å²) in [5.41, 5.74) is 2.51. The number of thiazole rings is 1. The van der Waals surface area contributed by atoms with Crippen LogP contribution in [0.3, 0.4) is 0 Å². The van der Waals surface area contributed by atoms with Crippen LogP contribution in [0.2, 0.25) is 0 Å². The standard InChI is InChI=1S/C12H11IN2O2S/c1-7-3-4-8(5-9(7)13)14-12-15-10(6-18-12)11(16)17-2/h3-6H,1-2H3,(H,14,15). The molecule has 2 aromatic rings. The molecule has 0 bridgehead atoms. The Kier molecular flexibility index (Phi) is 4.18. The fourth-order valence-electron chi connectivity index (χ4n) is 1.32. The first-order chi connectivity index (χ1) is 8.60. The van der Waals surface area contributed by atoms with Crippen molar-refractivity contribution in [3.63, 3.8) is 0 Å². The van der Waals surface area contributed by atoms with Gasteiger partial charge in [0.2, 0.25) is 0 Å². The highest BCUT2D eigenvalue weighted by Gasteiger charge is 2.10. The topological polar surface area (TPSA) is 51.2 Å². The van der Waals surface area contributed by atoms with E-state index in [1.165, 1.54) is 27.6 Å². The molecule has 1 heterocycles. The predicted octanol–water partition coefficient (Wildman–Crippen LogP) is 3.59. The van der Waals surface area contributed by atoms with Gasteiger partial charge in [0.05, 0.1) is 7.11 Å². The normalized spacial score (nSPS) is 10.2. The minimum absolute atomic E-state index is 0.326. The van der Waals surface area contributed by atoms with Gasteiger partial charge in [-0.3, -0.25) is 0 Å². The Morgan fingerprint density at radius 1 is 1.50 bits per heavy atom. The van der Waals surface area contributed by atoms with Gasteiger partial charge in [-0.15, -0.1) is 11.3 Å². The van der Waals surface area contributed by atoms with Gasteiger partial charge in [-0.2, -0.15) is 0 Å². The third kappa shape index (κ3) is 2.99. The Labute approximate surface area is 123 Å². The van der Waals surface area contributed by atoms with Gasteiger partial charge in [0.1, 0.15) is 0 Å². The molecule has 1 aromatic carbocycles. The van der Waals surface area contributed by atoms with Gasteiger partial charge < -0.3 is 10.1 Å². The molecule has 1 aromatic heterocycles. The van der Waals surface area contributed by atoms with Crippen molar-refractivity contribution in [3.05, 3.63) is 38.4 Å². The van der Waals surface area contributed by atoms with E-state index in [9.17, 15) is 4.79 Å². The highest BCUT2D eigenvalue weighted by Crippen LogP contribution is 2.23. The number of nitrogens with one attached hydrogen (secondary N) is 1. The first kappa shape index (κ1) is 13.3. The number of carbonyl (C=O) groups excluding carboxylic acids is 1. The minimum atomic E-state index is -0.419. The van der Waals surface area contributed by atoms with E-state index < -0.39 is 5.97 Å². The largest absolute Gasteiger partial charge is 0.464 e. The number of nitrogens with zero attached hydrogens (tertiary/aromatic N) is 1. The zero-order valence-corrected chi connectivity index (χ0v) is 12.8. The van der Waals surface area contributed by atoms with E-state index in [1.54, 1.807) is 5.38 Å². The second-order valence-corrected chi connectivity index (χ2v) is 5.64. The second kappa shape index (κ2) is 5.66. The maximum Gasteiger partial charge on any atom is 0.357 e. The number of hydrogen-bond donors (Lipinski definition) is 1. The van der Waals surface area contributed by atoms with Gasteiger partial charge in [-0.1, -0.05) is 6.07 Å². The van der Waals surface area contributed by atoms with Gasteiger partial charge in [0, 0.05) is 14.6 Å². The van der Waals surface area contributed by atoms with Crippen LogP contribution in [0.4, 0.5) is 10.8 Å². The molecule has 0 aliphatic heterocycles. The van der Waals surface area contributed by atoms with Crippen molar-refractivity contribution in [2.45, 2.75) is 6.92 Å². The fourth-order valence-corrected chi connectivity index (χ4v) is 2.54. The van der Waals surface area contributed by atoms with Crippen molar-refractivity contribution in [1.82, 2.24) is 4.98 Å². The Morgan fingerprint density at radius 2 is 2.28 bits per heavy atom.